The summed E-state index contributed by atoms with van der Waals surface area (Å²) in [7, 11) is 4.64. The predicted octanol–water partition coefficient (Wildman–Crippen LogP) is 6.22. The van der Waals surface area contributed by atoms with Gasteiger partial charge in [0.2, 0.25) is 11.1 Å². The Morgan fingerprint density at radius 1 is 0.941 bits per heavy atom. The van der Waals surface area contributed by atoms with Crippen LogP contribution in [0.15, 0.2) is 54.3 Å². The number of benzene rings is 2. The smallest absolute Gasteiger partial charge is 0.314 e. The summed E-state index contributed by atoms with van der Waals surface area (Å²) in [5, 5.41) is 10.9. The van der Waals surface area contributed by atoms with Gasteiger partial charge >= 0.3 is 11.9 Å². The number of carbonyl (C=O) groups excluding carboxylic acids is 3. The molecule has 0 aliphatic carbocycles. The lowest BCUT2D eigenvalue weighted by Crippen LogP contribution is -2.28. The Morgan fingerprint density at radius 3 is 1.85 bits per heavy atom. The maximum absolute atomic E-state index is 11.5. The summed E-state index contributed by atoms with van der Waals surface area (Å²) in [6.45, 7) is 0. The Balaban J connectivity index is 0.000000520. The van der Waals surface area contributed by atoms with Gasteiger partial charge in [-0.15, -0.1) is 0 Å². The monoisotopic (exact) mass is 748 g/mol. The molecule has 0 bridgehead atoms. The molecule has 2 N–H and O–H groups in total. The second kappa shape index (κ2) is 17.0. The van der Waals surface area contributed by atoms with E-state index in [1.165, 1.54) is 12.0 Å². The molecule has 2 aromatic rings. The molecule has 1 amide bonds. The predicted molar refractivity (Wildman–Crippen MR) is 146 cm³/mol. The van der Waals surface area contributed by atoms with Gasteiger partial charge in [-0.05, 0) is 112 Å². The first-order chi connectivity index (χ1) is 15.8. The summed E-state index contributed by atoms with van der Waals surface area (Å²) in [6.07, 6.45) is -0.859. The van der Waals surface area contributed by atoms with Crippen molar-refractivity contribution in [1.29, 1.82) is 0 Å². The van der Waals surface area contributed by atoms with Gasteiger partial charge in [-0.3, -0.25) is 19.2 Å². The summed E-state index contributed by atoms with van der Waals surface area (Å²) < 4.78 is 7.94. The topological polar surface area (TPSA) is 113 Å². The molecule has 34 heavy (non-hydrogen) atoms. The molecule has 0 atom stereocenters. The maximum Gasteiger partial charge on any atom is 0.314 e. The number of aliphatic carboxylic acids is 1. The van der Waals surface area contributed by atoms with Crippen LogP contribution >= 0.6 is 75.3 Å². The van der Waals surface area contributed by atoms with E-state index in [4.69, 9.17) is 16.7 Å². The first-order valence-electron chi connectivity index (χ1n) is 9.13. The molecular weight excluding hydrogens is 731 g/mol. The number of anilines is 2. The van der Waals surface area contributed by atoms with E-state index in [0.717, 1.165) is 23.6 Å². The average molecular weight is 752 g/mol. The molecule has 2 aromatic carbocycles. The Hall–Kier alpha value is -1.47. The molecule has 0 aromatic heterocycles. The van der Waals surface area contributed by atoms with E-state index in [2.05, 4.69) is 73.8 Å². The molecule has 0 fully saturated rings. The van der Waals surface area contributed by atoms with E-state index < -0.39 is 29.5 Å². The van der Waals surface area contributed by atoms with E-state index in [1.807, 2.05) is 25.2 Å². The summed E-state index contributed by atoms with van der Waals surface area (Å²) in [6, 6.07) is 11.3. The molecule has 13 heteroatoms. The third-order valence-corrected chi connectivity index (χ3v) is 7.58. The zero-order valence-electron chi connectivity index (χ0n) is 18.2. The molecule has 0 aliphatic rings. The van der Waals surface area contributed by atoms with Crippen molar-refractivity contribution >= 4 is 110 Å². The van der Waals surface area contributed by atoms with Gasteiger partial charge in [0.05, 0.1) is 7.11 Å². The van der Waals surface area contributed by atoms with Gasteiger partial charge in [0, 0.05) is 43.4 Å². The number of rotatable bonds is 6. The number of methoxy groups -OCH3 is 1. The summed E-state index contributed by atoms with van der Waals surface area (Å²) in [5.74, 6) is -2.19. The van der Waals surface area contributed by atoms with Crippen molar-refractivity contribution in [3.8, 4) is 0 Å². The van der Waals surface area contributed by atoms with Gasteiger partial charge in [0.1, 0.15) is 12.8 Å². The number of hydrogen-bond donors (Lipinski definition) is 2. The van der Waals surface area contributed by atoms with E-state index in [1.54, 1.807) is 25.2 Å². The summed E-state index contributed by atoms with van der Waals surface area (Å²) >= 11 is 18.2. The van der Waals surface area contributed by atoms with Crippen LogP contribution in [0.25, 0.3) is 0 Å². The van der Waals surface area contributed by atoms with Crippen molar-refractivity contribution in [2.45, 2.75) is 12.8 Å². The normalized spacial score (nSPS) is 9.41. The molecule has 0 saturated heterocycles. The minimum absolute atomic E-state index is 0.349. The highest BCUT2D eigenvalue weighted by molar-refractivity contribution is 9.13. The maximum atomic E-state index is 11.5. The number of carbonyl (C=O) groups is 4. The highest BCUT2D eigenvalue weighted by atomic mass is 79.9. The van der Waals surface area contributed by atoms with Crippen LogP contribution in [-0.4, -0.2) is 49.4 Å². The molecule has 0 unspecified atom stereocenters. The zero-order chi connectivity index (χ0) is 26.4. The summed E-state index contributed by atoms with van der Waals surface area (Å²) in [5.41, 5.74) is 1.75. The molecule has 8 nitrogen and oxygen atoms in total. The highest BCUT2D eigenvalue weighted by Gasteiger charge is 2.15. The molecule has 0 heterocycles. The first kappa shape index (κ1) is 32.5. The van der Waals surface area contributed by atoms with Crippen molar-refractivity contribution < 1.29 is 29.0 Å². The van der Waals surface area contributed by atoms with Crippen LogP contribution in [-0.2, 0) is 23.9 Å². The second-order valence-electron chi connectivity index (χ2n) is 6.11. The van der Waals surface area contributed by atoms with Crippen molar-refractivity contribution in [1.82, 2.24) is 0 Å². The average Bonchev–Trinajstić information content (AvgIpc) is 2.77. The molecule has 0 aliphatic heterocycles. The first-order valence-corrected chi connectivity index (χ1v) is 12.7. The number of carboxylic acids is 1. The molecule has 186 valence electrons. The molecule has 2 rings (SSSR count). The Morgan fingerprint density at radius 2 is 1.47 bits per heavy atom. The number of amides is 1. The van der Waals surface area contributed by atoms with Crippen LogP contribution < -0.4 is 10.2 Å². The Kier molecular flexibility index (Phi) is 16.3. The van der Waals surface area contributed by atoms with Gasteiger partial charge < -0.3 is 20.1 Å². The highest BCUT2D eigenvalue weighted by Crippen LogP contribution is 2.28. The van der Waals surface area contributed by atoms with Crippen molar-refractivity contribution in [3.63, 3.8) is 0 Å². The lowest BCUT2D eigenvalue weighted by molar-refractivity contribution is -0.142. The van der Waals surface area contributed by atoms with Crippen LogP contribution in [0.5, 0.6) is 0 Å². The zero-order valence-corrected chi connectivity index (χ0v) is 25.3. The minimum atomic E-state index is -1.13. The fourth-order valence-corrected chi connectivity index (χ4v) is 3.27. The number of hydrogen-bond acceptors (Lipinski definition) is 6. The Bertz CT molecular complexity index is 1020. The van der Waals surface area contributed by atoms with Crippen LogP contribution in [0.1, 0.15) is 12.8 Å². The number of esters is 1. The van der Waals surface area contributed by atoms with Gasteiger partial charge in [0.25, 0.3) is 0 Å². The van der Waals surface area contributed by atoms with Gasteiger partial charge in [-0.1, -0.05) is 0 Å². The van der Waals surface area contributed by atoms with Crippen molar-refractivity contribution in [2.24, 2.45) is 0 Å². The Labute approximate surface area is 235 Å². The van der Waals surface area contributed by atoms with E-state index in [0.29, 0.717) is 5.69 Å². The van der Waals surface area contributed by atoms with Crippen LogP contribution in [0.3, 0.4) is 0 Å². The summed E-state index contributed by atoms with van der Waals surface area (Å²) in [4.78, 5) is 43.2. The lowest BCUT2D eigenvalue weighted by Gasteiger charge is -2.16. The van der Waals surface area contributed by atoms with E-state index in [9.17, 15) is 19.2 Å². The van der Waals surface area contributed by atoms with E-state index in [-0.39, 0.29) is 6.42 Å². The van der Waals surface area contributed by atoms with E-state index >= 15 is 0 Å². The number of carboxylic acid groups (broad SMARTS) is 1. The quantitative estimate of drug-likeness (QED) is 0.205. The van der Waals surface area contributed by atoms with Gasteiger partial charge in [0.15, 0.2) is 0 Å². The minimum Gasteiger partial charge on any atom is -0.481 e. The van der Waals surface area contributed by atoms with Crippen molar-refractivity contribution in [2.75, 3.05) is 31.4 Å². The second-order valence-corrected chi connectivity index (χ2v) is 9.95. The lowest BCUT2D eigenvalue weighted by atomic mass is 10.3. The number of halogens is 5. The fourth-order valence-electron chi connectivity index (χ4n) is 1.92. The molecular formula is C21H21Br4ClN2O6. The number of nitrogens with zero attached hydrogens (tertiary/aromatic N) is 1. The van der Waals surface area contributed by atoms with Gasteiger partial charge in [-0.2, -0.15) is 0 Å². The van der Waals surface area contributed by atoms with Crippen LogP contribution in [0.2, 0.25) is 0 Å². The number of nitrogens with one attached hydrogen (secondary N) is 1. The SMILES string of the molecule is CN(C(=O)CC(=O)O)c1ccc(Br)c(Br)c1.CNc1ccc(Br)c(Br)c1.COC(=O)CC(=O)Cl. The largest absolute Gasteiger partial charge is 0.481 e. The number of ether oxygens (including phenoxy) is 1. The standard InChI is InChI=1S/C10H9Br2NO3.C7H7Br2N.C4H5ClO3/c1-13(9(14)5-10(15)16)6-2-3-7(11)8(12)4-6;1-10-5-2-3-6(8)7(9)4-5;1-8-4(7)2-3(5)6/h2-4H,5H2,1H3,(H,15,16);2-4,10H,1H3;2H2,1H3. The fraction of sp³-hybridized carbons (Fsp3) is 0.238. The molecule has 0 radical (unpaired) electrons. The van der Waals surface area contributed by atoms with Crippen LogP contribution in [0.4, 0.5) is 11.4 Å². The van der Waals surface area contributed by atoms with Gasteiger partial charge in [-0.25, -0.2) is 0 Å². The third-order valence-electron chi connectivity index (χ3n) is 3.69. The van der Waals surface area contributed by atoms with Crippen molar-refractivity contribution in [3.05, 3.63) is 54.3 Å². The third kappa shape index (κ3) is 13.4. The molecule has 0 spiro atoms. The van der Waals surface area contributed by atoms with Crippen LogP contribution in [0, 0.1) is 0 Å². The molecule has 0 saturated carbocycles.